The van der Waals surface area contributed by atoms with E-state index in [-0.39, 0.29) is 10.6 Å². The third kappa shape index (κ3) is 5.42. The van der Waals surface area contributed by atoms with E-state index in [1.807, 2.05) is 45.0 Å². The van der Waals surface area contributed by atoms with Gasteiger partial charge in [0, 0.05) is 23.3 Å². The largest absolute Gasteiger partial charge is 0.475 e. The van der Waals surface area contributed by atoms with Crippen LogP contribution in [0.1, 0.15) is 44.7 Å². The van der Waals surface area contributed by atoms with Gasteiger partial charge < -0.3 is 13.9 Å². The standard InChI is InChI=1S/C30H31NO4S/c1-7-30(6,16-8-9-20(2)3)34-23-12-15-25-26-17-22(5)18-28(29(26)31-27(25)19-23)35-36(32,33)24-13-10-21(4)11-14-24/h1,9-15,17-19,31H,8,16H2,2-6H3. The third-order valence-corrected chi connectivity index (χ3v) is 7.37. The third-order valence-electron chi connectivity index (χ3n) is 6.12. The van der Waals surface area contributed by atoms with Crippen LogP contribution in [0.15, 0.2) is 71.1 Å². The van der Waals surface area contributed by atoms with E-state index in [0.29, 0.717) is 17.7 Å². The Labute approximate surface area is 213 Å². The Morgan fingerprint density at radius 2 is 1.75 bits per heavy atom. The predicted molar refractivity (Wildman–Crippen MR) is 146 cm³/mol. The van der Waals surface area contributed by atoms with Gasteiger partial charge in [-0.1, -0.05) is 35.3 Å². The Balaban J connectivity index is 1.70. The summed E-state index contributed by atoms with van der Waals surface area (Å²) in [6, 6.07) is 16.0. The maximum Gasteiger partial charge on any atom is 0.339 e. The second kappa shape index (κ2) is 9.75. The van der Waals surface area contributed by atoms with E-state index in [9.17, 15) is 8.42 Å². The second-order valence-electron chi connectivity index (χ2n) is 9.67. The summed E-state index contributed by atoms with van der Waals surface area (Å²) in [5.41, 5.74) is 3.75. The minimum absolute atomic E-state index is 0.108. The Morgan fingerprint density at radius 3 is 2.42 bits per heavy atom. The van der Waals surface area contributed by atoms with E-state index in [2.05, 4.69) is 30.8 Å². The molecule has 1 unspecified atom stereocenters. The van der Waals surface area contributed by atoms with Crippen molar-refractivity contribution in [2.24, 2.45) is 0 Å². The number of allylic oxidation sites excluding steroid dienone is 2. The zero-order valence-corrected chi connectivity index (χ0v) is 22.1. The van der Waals surface area contributed by atoms with Crippen molar-refractivity contribution in [3.05, 3.63) is 77.4 Å². The van der Waals surface area contributed by atoms with Crippen molar-refractivity contribution < 1.29 is 17.3 Å². The highest BCUT2D eigenvalue weighted by atomic mass is 32.2. The van der Waals surface area contributed by atoms with Crippen LogP contribution in [0.25, 0.3) is 21.8 Å². The number of aromatic amines is 1. The minimum atomic E-state index is -4.00. The number of hydrogen-bond acceptors (Lipinski definition) is 4. The predicted octanol–water partition coefficient (Wildman–Crippen LogP) is 7.22. The molecule has 6 heteroatoms. The normalized spacial score (nSPS) is 13.2. The Morgan fingerprint density at radius 1 is 1.03 bits per heavy atom. The smallest absolute Gasteiger partial charge is 0.339 e. The first-order chi connectivity index (χ1) is 17.0. The molecule has 36 heavy (non-hydrogen) atoms. The molecule has 4 aromatic rings. The van der Waals surface area contributed by atoms with Gasteiger partial charge in [-0.15, -0.1) is 6.42 Å². The van der Waals surface area contributed by atoms with Crippen molar-refractivity contribution in [2.45, 2.75) is 58.0 Å². The maximum atomic E-state index is 13.0. The molecule has 0 fully saturated rings. The quantitative estimate of drug-likeness (QED) is 0.157. The number of aryl methyl sites for hydroxylation is 2. The Hall–Kier alpha value is -3.69. The molecule has 0 spiro atoms. The summed E-state index contributed by atoms with van der Waals surface area (Å²) in [7, 11) is -4.00. The molecule has 186 valence electrons. The molecule has 0 saturated heterocycles. The van der Waals surface area contributed by atoms with E-state index in [0.717, 1.165) is 33.8 Å². The lowest BCUT2D eigenvalue weighted by molar-refractivity contribution is 0.142. The van der Waals surface area contributed by atoms with E-state index in [1.165, 1.54) is 5.57 Å². The van der Waals surface area contributed by atoms with Crippen LogP contribution in [0, 0.1) is 26.2 Å². The zero-order valence-electron chi connectivity index (χ0n) is 21.3. The fraction of sp³-hybridized carbons (Fsp3) is 0.267. The first-order valence-corrected chi connectivity index (χ1v) is 13.3. The molecule has 1 N–H and O–H groups in total. The monoisotopic (exact) mass is 501 g/mol. The van der Waals surface area contributed by atoms with Gasteiger partial charge in [0.2, 0.25) is 0 Å². The lowest BCUT2D eigenvalue weighted by Crippen LogP contribution is -2.30. The van der Waals surface area contributed by atoms with E-state index in [1.54, 1.807) is 30.3 Å². The van der Waals surface area contributed by atoms with Gasteiger partial charge >= 0.3 is 10.1 Å². The number of fused-ring (bicyclic) bond motifs is 3. The minimum Gasteiger partial charge on any atom is -0.475 e. The van der Waals surface area contributed by atoms with Crippen molar-refractivity contribution in [3.63, 3.8) is 0 Å². The van der Waals surface area contributed by atoms with Gasteiger partial charge in [-0.05, 0) is 83.0 Å². The van der Waals surface area contributed by atoms with Crippen LogP contribution in [0.5, 0.6) is 11.5 Å². The van der Waals surface area contributed by atoms with Crippen LogP contribution in [-0.4, -0.2) is 19.0 Å². The molecule has 3 aromatic carbocycles. The van der Waals surface area contributed by atoms with Crippen molar-refractivity contribution in [1.82, 2.24) is 4.98 Å². The van der Waals surface area contributed by atoms with Crippen LogP contribution in [0.2, 0.25) is 0 Å². The lowest BCUT2D eigenvalue weighted by Gasteiger charge is -2.25. The summed E-state index contributed by atoms with van der Waals surface area (Å²) in [6.45, 7) is 9.84. The van der Waals surface area contributed by atoms with Crippen molar-refractivity contribution in [2.75, 3.05) is 0 Å². The molecule has 0 saturated carbocycles. The van der Waals surface area contributed by atoms with Gasteiger partial charge in [-0.3, -0.25) is 0 Å². The summed E-state index contributed by atoms with van der Waals surface area (Å²) in [5.74, 6) is 3.67. The number of terminal acetylenes is 1. The van der Waals surface area contributed by atoms with Crippen LogP contribution in [0.4, 0.5) is 0 Å². The van der Waals surface area contributed by atoms with Gasteiger partial charge in [0.25, 0.3) is 0 Å². The molecule has 0 aliphatic rings. The SMILES string of the molecule is C#CC(C)(CCC=C(C)C)Oc1ccc2c(c1)[nH]c1c(OS(=O)(=O)c3ccc(C)cc3)cc(C)cc12. The molecular weight excluding hydrogens is 470 g/mol. The number of H-pyrrole nitrogens is 1. The van der Waals surface area contributed by atoms with Crippen LogP contribution < -0.4 is 8.92 Å². The van der Waals surface area contributed by atoms with Gasteiger partial charge in [0.15, 0.2) is 11.4 Å². The molecule has 4 rings (SSSR count). The first kappa shape index (κ1) is 25.4. The summed E-state index contributed by atoms with van der Waals surface area (Å²) < 4.78 is 37.8. The molecular formula is C30H31NO4S. The number of hydrogen-bond donors (Lipinski definition) is 1. The molecule has 0 aliphatic heterocycles. The fourth-order valence-electron chi connectivity index (χ4n) is 4.14. The number of benzene rings is 3. The number of ether oxygens (including phenoxy) is 1. The molecule has 0 amide bonds. The van der Waals surface area contributed by atoms with Crippen molar-refractivity contribution in [3.8, 4) is 23.8 Å². The van der Waals surface area contributed by atoms with Gasteiger partial charge in [0.05, 0.1) is 11.0 Å². The van der Waals surface area contributed by atoms with Crippen LogP contribution in [0.3, 0.4) is 0 Å². The average molecular weight is 502 g/mol. The second-order valence-corrected chi connectivity index (χ2v) is 11.2. The summed E-state index contributed by atoms with van der Waals surface area (Å²) in [5, 5.41) is 1.81. The highest BCUT2D eigenvalue weighted by molar-refractivity contribution is 7.87. The van der Waals surface area contributed by atoms with Crippen molar-refractivity contribution >= 4 is 31.9 Å². The van der Waals surface area contributed by atoms with E-state index in [4.69, 9.17) is 15.3 Å². The van der Waals surface area contributed by atoms with Gasteiger partial charge in [-0.25, -0.2) is 0 Å². The highest BCUT2D eigenvalue weighted by Crippen LogP contribution is 2.36. The molecule has 0 radical (unpaired) electrons. The molecule has 1 atom stereocenters. The van der Waals surface area contributed by atoms with Crippen LogP contribution >= 0.6 is 0 Å². The molecule has 1 aromatic heterocycles. The summed E-state index contributed by atoms with van der Waals surface area (Å²) >= 11 is 0. The lowest BCUT2D eigenvalue weighted by atomic mass is 10.00. The molecule has 0 aliphatic carbocycles. The number of aromatic nitrogens is 1. The van der Waals surface area contributed by atoms with Gasteiger partial charge in [-0.2, -0.15) is 8.42 Å². The summed E-state index contributed by atoms with van der Waals surface area (Å²) in [6.07, 6.45) is 9.48. The van der Waals surface area contributed by atoms with Crippen LogP contribution in [-0.2, 0) is 10.1 Å². The fourth-order valence-corrected chi connectivity index (χ4v) is 5.07. The number of rotatable bonds is 8. The summed E-state index contributed by atoms with van der Waals surface area (Å²) in [4.78, 5) is 3.44. The molecule has 5 nitrogen and oxygen atoms in total. The Bertz CT molecular complexity index is 1600. The highest BCUT2D eigenvalue weighted by Gasteiger charge is 2.24. The van der Waals surface area contributed by atoms with Crippen molar-refractivity contribution in [1.29, 1.82) is 0 Å². The topological polar surface area (TPSA) is 68.4 Å². The van der Waals surface area contributed by atoms with Gasteiger partial charge in [0.1, 0.15) is 10.6 Å². The zero-order chi connectivity index (χ0) is 26.1. The first-order valence-electron chi connectivity index (χ1n) is 11.9. The van der Waals surface area contributed by atoms with E-state index >= 15 is 0 Å². The Kier molecular flexibility index (Phi) is 6.88. The number of nitrogens with one attached hydrogen (secondary N) is 1. The van der Waals surface area contributed by atoms with E-state index < -0.39 is 15.7 Å². The average Bonchev–Trinajstić information content (AvgIpc) is 3.16. The molecule has 0 bridgehead atoms. The maximum absolute atomic E-state index is 13.0. The molecule has 1 heterocycles.